The van der Waals surface area contributed by atoms with Crippen LogP contribution in [0.2, 0.25) is 5.02 Å². The Morgan fingerprint density at radius 1 is 1.26 bits per heavy atom. The minimum atomic E-state index is -0.324. The highest BCUT2D eigenvalue weighted by Crippen LogP contribution is 2.16. The lowest BCUT2D eigenvalue weighted by Gasteiger charge is -2.14. The maximum absolute atomic E-state index is 12.0. The third-order valence-corrected chi connectivity index (χ3v) is 3.90. The van der Waals surface area contributed by atoms with E-state index >= 15 is 0 Å². The van der Waals surface area contributed by atoms with Gasteiger partial charge in [-0.25, -0.2) is 0 Å². The summed E-state index contributed by atoms with van der Waals surface area (Å²) in [4.78, 5) is 36.8. The van der Waals surface area contributed by atoms with E-state index in [0.29, 0.717) is 24.5 Å². The monoisotopic (exact) mass is 335 g/mol. The molecule has 1 heterocycles. The van der Waals surface area contributed by atoms with Gasteiger partial charge in [0.15, 0.2) is 0 Å². The van der Waals surface area contributed by atoms with Crippen molar-refractivity contribution in [1.82, 2.24) is 15.8 Å². The van der Waals surface area contributed by atoms with Crippen LogP contribution in [0.25, 0.3) is 0 Å². The second-order valence-electron chi connectivity index (χ2n) is 5.31. The average Bonchev–Trinajstić information content (AvgIpc) is 3.04. The van der Waals surface area contributed by atoms with E-state index in [-0.39, 0.29) is 30.1 Å². The molecule has 1 aromatic rings. The van der Waals surface area contributed by atoms with E-state index in [1.165, 1.54) is 6.08 Å². The summed E-state index contributed by atoms with van der Waals surface area (Å²) in [7, 11) is 0. The zero-order valence-electron chi connectivity index (χ0n) is 12.5. The Kier molecular flexibility index (Phi) is 5.76. The minimum absolute atomic E-state index is 0.142. The SMILES string of the molecule is C=CC(=O)N1CCC(C(=O)NNC(=O)Cc2ccc(Cl)cc2)C1. The summed E-state index contributed by atoms with van der Waals surface area (Å²) in [6.07, 6.45) is 1.94. The summed E-state index contributed by atoms with van der Waals surface area (Å²) in [5, 5.41) is 0.599. The number of halogens is 1. The van der Waals surface area contributed by atoms with Crippen molar-refractivity contribution in [3.8, 4) is 0 Å². The highest BCUT2D eigenvalue weighted by Gasteiger charge is 2.30. The molecule has 0 aromatic heterocycles. The number of carbonyl (C=O) groups is 3. The summed E-state index contributed by atoms with van der Waals surface area (Å²) < 4.78 is 0. The Morgan fingerprint density at radius 2 is 1.96 bits per heavy atom. The largest absolute Gasteiger partial charge is 0.338 e. The minimum Gasteiger partial charge on any atom is -0.338 e. The fourth-order valence-corrected chi connectivity index (χ4v) is 2.49. The number of benzene rings is 1. The van der Waals surface area contributed by atoms with Crippen LogP contribution in [0.4, 0.5) is 0 Å². The zero-order chi connectivity index (χ0) is 16.8. The van der Waals surface area contributed by atoms with Crippen molar-refractivity contribution in [3.05, 3.63) is 47.5 Å². The number of hydrazine groups is 1. The summed E-state index contributed by atoms with van der Waals surface area (Å²) in [6, 6.07) is 6.90. The Morgan fingerprint density at radius 3 is 2.61 bits per heavy atom. The molecule has 1 atom stereocenters. The third kappa shape index (κ3) is 4.82. The second-order valence-corrected chi connectivity index (χ2v) is 5.75. The van der Waals surface area contributed by atoms with Gasteiger partial charge in [-0.15, -0.1) is 0 Å². The first-order valence-electron chi connectivity index (χ1n) is 7.24. The first-order valence-corrected chi connectivity index (χ1v) is 7.62. The van der Waals surface area contributed by atoms with Crippen LogP contribution >= 0.6 is 11.6 Å². The number of nitrogens with zero attached hydrogens (tertiary/aromatic N) is 1. The van der Waals surface area contributed by atoms with Crippen LogP contribution in [0.5, 0.6) is 0 Å². The number of carbonyl (C=O) groups excluding carboxylic acids is 3. The Balaban J connectivity index is 1.76. The summed E-state index contributed by atoms with van der Waals surface area (Å²) in [5.41, 5.74) is 5.59. The fourth-order valence-electron chi connectivity index (χ4n) is 2.37. The molecule has 2 N–H and O–H groups in total. The van der Waals surface area contributed by atoms with E-state index in [9.17, 15) is 14.4 Å². The molecule has 0 aliphatic carbocycles. The predicted molar refractivity (Wildman–Crippen MR) is 86.3 cm³/mol. The van der Waals surface area contributed by atoms with Crippen LogP contribution < -0.4 is 10.9 Å². The predicted octanol–water partition coefficient (Wildman–Crippen LogP) is 1.06. The van der Waals surface area contributed by atoms with E-state index in [1.807, 2.05) is 0 Å². The topological polar surface area (TPSA) is 78.5 Å². The third-order valence-electron chi connectivity index (χ3n) is 3.65. The number of hydrogen-bond donors (Lipinski definition) is 2. The van der Waals surface area contributed by atoms with Gasteiger partial charge in [-0.1, -0.05) is 30.3 Å². The first-order chi connectivity index (χ1) is 11.0. The van der Waals surface area contributed by atoms with E-state index < -0.39 is 0 Å². The number of likely N-dealkylation sites (tertiary alicyclic amines) is 1. The van der Waals surface area contributed by atoms with Gasteiger partial charge in [0.1, 0.15) is 0 Å². The van der Waals surface area contributed by atoms with Crippen molar-refractivity contribution in [1.29, 1.82) is 0 Å². The van der Waals surface area contributed by atoms with Gasteiger partial charge >= 0.3 is 0 Å². The van der Waals surface area contributed by atoms with Crippen molar-refractivity contribution >= 4 is 29.3 Å². The zero-order valence-corrected chi connectivity index (χ0v) is 13.3. The van der Waals surface area contributed by atoms with Crippen molar-refractivity contribution in [3.63, 3.8) is 0 Å². The number of hydrogen-bond acceptors (Lipinski definition) is 3. The molecular weight excluding hydrogens is 318 g/mol. The van der Waals surface area contributed by atoms with Crippen LogP contribution in [-0.2, 0) is 20.8 Å². The van der Waals surface area contributed by atoms with Crippen LogP contribution in [-0.4, -0.2) is 35.7 Å². The van der Waals surface area contributed by atoms with Crippen LogP contribution in [0.15, 0.2) is 36.9 Å². The molecule has 1 fully saturated rings. The molecule has 3 amide bonds. The first kappa shape index (κ1) is 17.0. The molecule has 0 spiro atoms. The van der Waals surface area contributed by atoms with Gasteiger partial charge in [-0.2, -0.15) is 0 Å². The molecule has 2 rings (SSSR count). The lowest BCUT2D eigenvalue weighted by atomic mass is 10.1. The van der Waals surface area contributed by atoms with E-state index in [1.54, 1.807) is 29.2 Å². The van der Waals surface area contributed by atoms with Gasteiger partial charge < -0.3 is 4.90 Å². The smallest absolute Gasteiger partial charge is 0.245 e. The molecule has 0 bridgehead atoms. The van der Waals surface area contributed by atoms with Gasteiger partial charge in [-0.3, -0.25) is 25.2 Å². The molecular formula is C16H18ClN3O3. The van der Waals surface area contributed by atoms with E-state index in [0.717, 1.165) is 5.56 Å². The van der Waals surface area contributed by atoms with Crippen LogP contribution in [0.1, 0.15) is 12.0 Å². The lowest BCUT2D eigenvalue weighted by molar-refractivity contribution is -0.131. The molecule has 1 aliphatic rings. The van der Waals surface area contributed by atoms with Gasteiger partial charge in [-0.05, 0) is 30.2 Å². The van der Waals surface area contributed by atoms with E-state index in [2.05, 4.69) is 17.4 Å². The quantitative estimate of drug-likeness (QED) is 0.638. The highest BCUT2D eigenvalue weighted by molar-refractivity contribution is 6.30. The molecule has 1 unspecified atom stereocenters. The van der Waals surface area contributed by atoms with Gasteiger partial charge in [0.25, 0.3) is 0 Å². The molecule has 0 radical (unpaired) electrons. The van der Waals surface area contributed by atoms with Gasteiger partial charge in [0.2, 0.25) is 17.7 Å². The normalized spacial score (nSPS) is 16.7. The fraction of sp³-hybridized carbons (Fsp3) is 0.312. The molecule has 122 valence electrons. The summed E-state index contributed by atoms with van der Waals surface area (Å²) in [6.45, 7) is 4.28. The number of amides is 3. The molecule has 23 heavy (non-hydrogen) atoms. The highest BCUT2D eigenvalue weighted by atomic mass is 35.5. The standard InChI is InChI=1S/C16H18ClN3O3/c1-2-15(22)20-8-7-12(10-20)16(23)19-18-14(21)9-11-3-5-13(17)6-4-11/h2-6,12H,1,7-10H2,(H,18,21)(H,19,23). The second kappa shape index (κ2) is 7.78. The number of rotatable bonds is 4. The van der Waals surface area contributed by atoms with Gasteiger partial charge in [0.05, 0.1) is 12.3 Å². The maximum atomic E-state index is 12.0. The Bertz CT molecular complexity index is 616. The van der Waals surface area contributed by atoms with Crippen LogP contribution in [0, 0.1) is 5.92 Å². The lowest BCUT2D eigenvalue weighted by Crippen LogP contribution is -2.45. The summed E-state index contributed by atoms with van der Waals surface area (Å²) in [5.74, 6) is -1.13. The van der Waals surface area contributed by atoms with Crippen LogP contribution in [0.3, 0.4) is 0 Å². The van der Waals surface area contributed by atoms with Crippen molar-refractivity contribution in [2.75, 3.05) is 13.1 Å². The van der Waals surface area contributed by atoms with Crippen molar-refractivity contribution in [2.45, 2.75) is 12.8 Å². The molecule has 0 saturated carbocycles. The Labute approximate surface area is 139 Å². The number of nitrogens with one attached hydrogen (secondary N) is 2. The Hall–Kier alpha value is -2.34. The van der Waals surface area contributed by atoms with Crippen molar-refractivity contribution < 1.29 is 14.4 Å². The molecule has 6 nitrogen and oxygen atoms in total. The summed E-state index contributed by atoms with van der Waals surface area (Å²) >= 11 is 5.78. The maximum Gasteiger partial charge on any atom is 0.245 e. The molecule has 7 heteroatoms. The molecule has 1 aromatic carbocycles. The van der Waals surface area contributed by atoms with E-state index in [4.69, 9.17) is 11.6 Å². The van der Waals surface area contributed by atoms with Gasteiger partial charge in [0, 0.05) is 18.1 Å². The molecule has 1 aliphatic heterocycles. The van der Waals surface area contributed by atoms with Crippen molar-refractivity contribution in [2.24, 2.45) is 5.92 Å². The molecule has 1 saturated heterocycles. The average molecular weight is 336 g/mol.